The molecule has 1 aromatic carbocycles. The third-order valence-electron chi connectivity index (χ3n) is 7.59. The number of halogens is 2. The van der Waals surface area contributed by atoms with E-state index in [-0.39, 0.29) is 43.8 Å². The quantitative estimate of drug-likeness (QED) is 0.529. The Morgan fingerprint density at radius 3 is 2.69 bits per heavy atom. The first-order chi connectivity index (χ1) is 16.9. The van der Waals surface area contributed by atoms with E-state index in [2.05, 4.69) is 28.9 Å². The van der Waals surface area contributed by atoms with Crippen molar-refractivity contribution in [2.24, 2.45) is 17.8 Å². The summed E-state index contributed by atoms with van der Waals surface area (Å²) < 4.78 is 38.7. The van der Waals surface area contributed by atoms with Gasteiger partial charge in [0.15, 0.2) is 5.82 Å². The number of nitrogens with zero attached hydrogens (tertiary/aromatic N) is 4. The Kier molecular flexibility index (Phi) is 7.05. The third kappa shape index (κ3) is 5.66. The Hall–Kier alpha value is -2.55. The van der Waals surface area contributed by atoms with Gasteiger partial charge < -0.3 is 19.1 Å². The molecule has 0 radical (unpaired) electrons. The maximum absolute atomic E-state index is 14.5. The van der Waals surface area contributed by atoms with Crippen molar-refractivity contribution in [3.63, 3.8) is 0 Å². The molecule has 0 bridgehead atoms. The van der Waals surface area contributed by atoms with Gasteiger partial charge in [0.1, 0.15) is 12.0 Å². The van der Waals surface area contributed by atoms with Gasteiger partial charge in [-0.3, -0.25) is 4.79 Å². The molecule has 2 atom stereocenters. The molecule has 2 aromatic rings. The largest absolute Gasteiger partial charge is 0.376 e. The van der Waals surface area contributed by atoms with Crippen molar-refractivity contribution < 1.29 is 22.8 Å². The predicted molar refractivity (Wildman–Crippen MR) is 126 cm³/mol. The van der Waals surface area contributed by atoms with Gasteiger partial charge in [-0.25, -0.2) is 8.78 Å². The fourth-order valence-electron chi connectivity index (χ4n) is 5.20. The summed E-state index contributed by atoms with van der Waals surface area (Å²) in [5.74, 6) is 2.39. The number of hydrogen-bond donors (Lipinski definition) is 0. The van der Waals surface area contributed by atoms with E-state index in [0.29, 0.717) is 41.5 Å². The fraction of sp³-hybridized carbons (Fsp3) is 0.654. The summed E-state index contributed by atoms with van der Waals surface area (Å²) in [6.45, 7) is 7.14. The van der Waals surface area contributed by atoms with Crippen molar-refractivity contribution in [2.45, 2.75) is 58.2 Å². The number of piperidine rings is 1. The lowest BCUT2D eigenvalue weighted by Gasteiger charge is -2.34. The van der Waals surface area contributed by atoms with Crippen molar-refractivity contribution in [2.75, 3.05) is 37.7 Å². The highest BCUT2D eigenvalue weighted by Crippen LogP contribution is 2.48. The number of ether oxygens (including phenoxy) is 1. The molecule has 7 nitrogen and oxygen atoms in total. The highest BCUT2D eigenvalue weighted by atomic mass is 19.1. The molecule has 0 spiro atoms. The van der Waals surface area contributed by atoms with Crippen LogP contribution in [0, 0.1) is 23.6 Å². The lowest BCUT2D eigenvalue weighted by atomic mass is 9.91. The molecule has 2 aliphatic heterocycles. The molecule has 1 amide bonds. The molecule has 1 aromatic heterocycles. The number of carbonyl (C=O) groups is 1. The van der Waals surface area contributed by atoms with Crippen molar-refractivity contribution in [3.05, 3.63) is 41.0 Å². The molecule has 0 N–H and O–H groups in total. The molecule has 9 heteroatoms. The molecule has 3 fully saturated rings. The van der Waals surface area contributed by atoms with Gasteiger partial charge in [0.2, 0.25) is 5.91 Å². The highest BCUT2D eigenvalue weighted by molar-refractivity contribution is 5.79. The summed E-state index contributed by atoms with van der Waals surface area (Å²) in [6.07, 6.45) is 2.56. The number of amides is 1. The minimum Gasteiger partial charge on any atom is -0.376 e. The summed E-state index contributed by atoms with van der Waals surface area (Å²) in [4.78, 5) is 20.2. The third-order valence-corrected chi connectivity index (χ3v) is 7.59. The van der Waals surface area contributed by atoms with Crippen LogP contribution < -0.4 is 4.90 Å². The van der Waals surface area contributed by atoms with Gasteiger partial charge in [0.25, 0.3) is 0 Å². The Morgan fingerprint density at radius 2 is 2.03 bits per heavy atom. The van der Waals surface area contributed by atoms with Crippen LogP contribution in [0.25, 0.3) is 0 Å². The Morgan fingerprint density at radius 1 is 1.26 bits per heavy atom. The van der Waals surface area contributed by atoms with Crippen molar-refractivity contribution in [1.29, 1.82) is 0 Å². The zero-order chi connectivity index (χ0) is 24.5. The van der Waals surface area contributed by atoms with Gasteiger partial charge in [-0.15, -0.1) is 0 Å². The van der Waals surface area contributed by atoms with Crippen LogP contribution in [0.2, 0.25) is 0 Å². The monoisotopic (exact) mass is 488 g/mol. The zero-order valence-corrected chi connectivity index (χ0v) is 20.5. The number of alkyl halides is 1. The fourth-order valence-corrected chi connectivity index (χ4v) is 5.20. The van der Waals surface area contributed by atoms with Crippen LogP contribution in [0.3, 0.4) is 0 Å². The average molecular weight is 489 g/mol. The summed E-state index contributed by atoms with van der Waals surface area (Å²) >= 11 is 0. The van der Waals surface area contributed by atoms with Crippen LogP contribution in [0.15, 0.2) is 22.7 Å². The summed E-state index contributed by atoms with van der Waals surface area (Å²) in [7, 11) is 0. The zero-order valence-electron chi connectivity index (χ0n) is 20.5. The second kappa shape index (κ2) is 10.2. The maximum atomic E-state index is 14.5. The van der Waals surface area contributed by atoms with E-state index >= 15 is 0 Å². The average Bonchev–Trinajstić information content (AvgIpc) is 3.41. The molecule has 5 rings (SSSR count). The number of carbonyl (C=O) groups excluding carboxylic acids is 1. The molecule has 1 aliphatic carbocycles. The number of likely N-dealkylation sites (tertiary alicyclic amines) is 1. The first-order valence-electron chi connectivity index (χ1n) is 12.7. The Labute approximate surface area is 204 Å². The summed E-state index contributed by atoms with van der Waals surface area (Å²) in [5, 5.41) is 4.07. The van der Waals surface area contributed by atoms with Gasteiger partial charge in [-0.05, 0) is 48.6 Å². The molecule has 3 aliphatic rings. The van der Waals surface area contributed by atoms with Crippen molar-refractivity contribution >= 4 is 11.9 Å². The van der Waals surface area contributed by atoms with Gasteiger partial charge in [0, 0.05) is 24.6 Å². The number of aromatic nitrogens is 2. The highest BCUT2D eigenvalue weighted by Gasteiger charge is 2.44. The van der Waals surface area contributed by atoms with Crippen molar-refractivity contribution in [3.8, 4) is 0 Å². The minimum absolute atomic E-state index is 0.0960. The topological polar surface area (TPSA) is 71.7 Å². The van der Waals surface area contributed by atoms with E-state index in [1.807, 2.05) is 0 Å². The number of hydrogen-bond acceptors (Lipinski definition) is 6. The summed E-state index contributed by atoms with van der Waals surface area (Å²) in [5.41, 5.74) is 1.10. The lowest BCUT2D eigenvalue weighted by Crippen LogP contribution is -2.52. The minimum atomic E-state index is -0.927. The Balaban J connectivity index is 1.02. The van der Waals surface area contributed by atoms with Gasteiger partial charge >= 0.3 is 6.01 Å². The van der Waals surface area contributed by atoms with Crippen LogP contribution in [-0.4, -0.2) is 59.9 Å². The molecule has 190 valence electrons. The van der Waals surface area contributed by atoms with Crippen LogP contribution in [0.4, 0.5) is 14.8 Å². The summed E-state index contributed by atoms with van der Waals surface area (Å²) in [6, 6.07) is 5.47. The normalized spacial score (nSPS) is 23.1. The van der Waals surface area contributed by atoms with Crippen LogP contribution >= 0.6 is 0 Å². The number of anilines is 1. The SMILES string of the molecule is CC(C)c1noc(N2CCC(C3CC3COCc3ccc(CC(=O)N4CC(F)C4)cc3F)CC2)n1. The smallest absolute Gasteiger partial charge is 0.324 e. The van der Waals surface area contributed by atoms with Gasteiger partial charge in [-0.1, -0.05) is 31.1 Å². The van der Waals surface area contributed by atoms with E-state index in [1.165, 1.54) is 17.4 Å². The number of rotatable bonds is 9. The Bertz CT molecular complexity index is 1030. The molecule has 1 saturated carbocycles. The van der Waals surface area contributed by atoms with Crippen molar-refractivity contribution in [1.82, 2.24) is 15.0 Å². The molecule has 2 saturated heterocycles. The maximum Gasteiger partial charge on any atom is 0.324 e. The molecular weight excluding hydrogens is 454 g/mol. The first-order valence-corrected chi connectivity index (χ1v) is 12.7. The van der Waals surface area contributed by atoms with Gasteiger partial charge in [0.05, 0.1) is 32.7 Å². The standard InChI is InChI=1S/C26H34F2N4O3/c1-16(2)25-29-26(35-30-25)31-7-5-18(6-8-31)22-11-20(22)15-34-14-19-4-3-17(9-23(19)28)10-24(33)32-12-21(27)13-32/h3-4,9,16,18,20-22H,5-8,10-15H2,1-2H3. The first kappa shape index (κ1) is 24.2. The molecular formula is C26H34F2N4O3. The lowest BCUT2D eigenvalue weighted by molar-refractivity contribution is -0.137. The van der Waals surface area contributed by atoms with E-state index in [9.17, 15) is 13.6 Å². The van der Waals surface area contributed by atoms with E-state index < -0.39 is 6.17 Å². The molecule has 35 heavy (non-hydrogen) atoms. The molecule has 2 unspecified atom stereocenters. The van der Waals surface area contributed by atoms with Gasteiger partial charge in [-0.2, -0.15) is 4.98 Å². The van der Waals surface area contributed by atoms with E-state index in [1.54, 1.807) is 12.1 Å². The number of benzene rings is 1. The second-order valence-electron chi connectivity index (χ2n) is 10.6. The van der Waals surface area contributed by atoms with E-state index in [0.717, 1.165) is 31.8 Å². The van der Waals surface area contributed by atoms with Crippen LogP contribution in [-0.2, 0) is 22.6 Å². The van der Waals surface area contributed by atoms with Crippen LogP contribution in [0.5, 0.6) is 0 Å². The molecule has 3 heterocycles. The van der Waals surface area contributed by atoms with E-state index in [4.69, 9.17) is 9.26 Å². The van der Waals surface area contributed by atoms with Crippen LogP contribution in [0.1, 0.15) is 56.0 Å². The second-order valence-corrected chi connectivity index (χ2v) is 10.6. The predicted octanol–water partition coefficient (Wildman–Crippen LogP) is 4.12.